The molecule has 88 valence electrons. The third-order valence-electron chi connectivity index (χ3n) is 3.08. The van der Waals surface area contributed by atoms with Gasteiger partial charge >= 0.3 is 58.4 Å². The van der Waals surface area contributed by atoms with Crippen molar-refractivity contribution in [1.82, 2.24) is 4.90 Å². The molecule has 0 atom stereocenters. The van der Waals surface area contributed by atoms with Gasteiger partial charge in [0.25, 0.3) is 0 Å². The molecule has 0 aromatic heterocycles. The van der Waals surface area contributed by atoms with Crippen LogP contribution in [0.4, 0.5) is 12.9 Å². The predicted molar refractivity (Wildman–Crippen MR) is 57.7 cm³/mol. The van der Waals surface area contributed by atoms with Crippen molar-refractivity contribution in [3.05, 3.63) is 12.1 Å². The van der Waals surface area contributed by atoms with Crippen LogP contribution in [0.15, 0.2) is 12.1 Å². The summed E-state index contributed by atoms with van der Waals surface area (Å²) < 4.78 is 36.9. The molecule has 1 saturated carbocycles. The normalized spacial score (nSPS) is 16.8. The SMILES string of the molecule is C=C(CN(CC)CC1CCC1)[B-](F)(F)F.[K+]. The van der Waals surface area contributed by atoms with Crippen LogP contribution in [0.2, 0.25) is 0 Å². The topological polar surface area (TPSA) is 3.24 Å². The van der Waals surface area contributed by atoms with Crippen molar-refractivity contribution in [2.75, 3.05) is 19.6 Å². The van der Waals surface area contributed by atoms with E-state index < -0.39 is 12.4 Å². The van der Waals surface area contributed by atoms with Crippen LogP contribution in [0.25, 0.3) is 0 Å². The fourth-order valence-electron chi connectivity index (χ4n) is 1.74. The Labute approximate surface area is 138 Å². The number of hydrogen-bond donors (Lipinski definition) is 0. The molecule has 16 heavy (non-hydrogen) atoms. The first-order valence-electron chi connectivity index (χ1n) is 5.53. The molecule has 0 unspecified atom stereocenters. The zero-order valence-electron chi connectivity index (χ0n) is 10.2. The van der Waals surface area contributed by atoms with E-state index in [0.717, 1.165) is 6.54 Å². The fourth-order valence-corrected chi connectivity index (χ4v) is 1.74. The molecule has 0 aromatic rings. The van der Waals surface area contributed by atoms with Gasteiger partial charge in [-0.1, -0.05) is 13.3 Å². The smallest absolute Gasteiger partial charge is 0.445 e. The molecule has 0 radical (unpaired) electrons. The van der Waals surface area contributed by atoms with E-state index in [9.17, 15) is 12.9 Å². The Morgan fingerprint density at radius 3 is 2.25 bits per heavy atom. The standard InChI is InChI=1S/C10H18BF3N.K/c1-3-15(8-10-5-4-6-10)7-9(2)11(12,13)14;/h10H,2-8H2,1H3;/q-1;+1. The summed E-state index contributed by atoms with van der Waals surface area (Å²) >= 11 is 0. The van der Waals surface area contributed by atoms with E-state index in [4.69, 9.17) is 0 Å². The quantitative estimate of drug-likeness (QED) is 0.609. The summed E-state index contributed by atoms with van der Waals surface area (Å²) in [5, 5.41) is 0. The van der Waals surface area contributed by atoms with Crippen molar-refractivity contribution < 1.29 is 64.3 Å². The average Bonchev–Trinajstić information content (AvgIpc) is 2.06. The molecule has 1 aliphatic rings. The van der Waals surface area contributed by atoms with Gasteiger partial charge in [0, 0.05) is 6.54 Å². The molecule has 6 heteroatoms. The van der Waals surface area contributed by atoms with E-state index in [1.54, 1.807) is 0 Å². The van der Waals surface area contributed by atoms with Crippen LogP contribution in [0, 0.1) is 5.92 Å². The summed E-state index contributed by atoms with van der Waals surface area (Å²) in [6.07, 6.45) is 3.56. The number of hydrogen-bond acceptors (Lipinski definition) is 1. The molecule has 1 aliphatic carbocycles. The van der Waals surface area contributed by atoms with Crippen LogP contribution in [0.3, 0.4) is 0 Å². The van der Waals surface area contributed by atoms with Crippen molar-refractivity contribution in [2.45, 2.75) is 26.2 Å². The van der Waals surface area contributed by atoms with Gasteiger partial charge in [0.1, 0.15) is 0 Å². The predicted octanol–water partition coefficient (Wildman–Crippen LogP) is 0.0552. The van der Waals surface area contributed by atoms with Crippen LogP contribution >= 0.6 is 0 Å². The third kappa shape index (κ3) is 5.69. The fraction of sp³-hybridized carbons (Fsp3) is 0.800. The molecule has 0 saturated heterocycles. The average molecular weight is 259 g/mol. The molecule has 0 aromatic carbocycles. The summed E-state index contributed by atoms with van der Waals surface area (Å²) in [5.74, 6) is 0.610. The third-order valence-corrected chi connectivity index (χ3v) is 3.08. The zero-order chi connectivity index (χ0) is 11.5. The number of halogens is 3. The van der Waals surface area contributed by atoms with Gasteiger partial charge in [0.2, 0.25) is 0 Å². The minimum Gasteiger partial charge on any atom is -0.445 e. The van der Waals surface area contributed by atoms with Crippen LogP contribution in [-0.2, 0) is 0 Å². The van der Waals surface area contributed by atoms with Crippen LogP contribution in [0.5, 0.6) is 0 Å². The van der Waals surface area contributed by atoms with Gasteiger partial charge in [-0.15, -0.1) is 12.1 Å². The maximum atomic E-state index is 12.3. The van der Waals surface area contributed by atoms with E-state index in [2.05, 4.69) is 6.58 Å². The first-order valence-corrected chi connectivity index (χ1v) is 5.53. The Kier molecular flexibility index (Phi) is 8.15. The Bertz CT molecular complexity index is 229. The van der Waals surface area contributed by atoms with Crippen molar-refractivity contribution >= 4 is 6.98 Å². The zero-order valence-corrected chi connectivity index (χ0v) is 13.3. The first kappa shape index (κ1) is 17.2. The van der Waals surface area contributed by atoms with Crippen molar-refractivity contribution in [3.63, 3.8) is 0 Å². The van der Waals surface area contributed by atoms with Gasteiger partial charge in [0.05, 0.1) is 0 Å². The molecule has 0 bridgehead atoms. The van der Waals surface area contributed by atoms with E-state index >= 15 is 0 Å². The van der Waals surface area contributed by atoms with E-state index in [1.165, 1.54) is 19.3 Å². The molecule has 0 N–H and O–H groups in total. The molecule has 1 fully saturated rings. The Morgan fingerprint density at radius 2 is 1.94 bits per heavy atom. The van der Waals surface area contributed by atoms with Crippen LogP contribution in [0.1, 0.15) is 26.2 Å². The number of nitrogens with zero attached hydrogens (tertiary/aromatic N) is 1. The van der Waals surface area contributed by atoms with Gasteiger partial charge < -0.3 is 17.8 Å². The molecule has 0 spiro atoms. The summed E-state index contributed by atoms with van der Waals surface area (Å²) in [5.41, 5.74) is -0.573. The van der Waals surface area contributed by atoms with Gasteiger partial charge in [-0.2, -0.15) is 0 Å². The van der Waals surface area contributed by atoms with Crippen molar-refractivity contribution in [3.8, 4) is 0 Å². The van der Waals surface area contributed by atoms with Gasteiger partial charge in [-0.3, -0.25) is 0 Å². The first-order chi connectivity index (χ1) is 6.93. The summed E-state index contributed by atoms with van der Waals surface area (Å²) in [4.78, 5) is 1.85. The van der Waals surface area contributed by atoms with Gasteiger partial charge in [-0.05, 0) is 31.8 Å². The molecular formula is C10H18BF3KN. The summed E-state index contributed by atoms with van der Waals surface area (Å²) in [7, 11) is 0. The van der Waals surface area contributed by atoms with Crippen molar-refractivity contribution in [1.29, 1.82) is 0 Å². The minimum absolute atomic E-state index is 0. The number of rotatable bonds is 6. The molecule has 0 heterocycles. The largest absolute Gasteiger partial charge is 1.00 e. The molecular weight excluding hydrogens is 241 g/mol. The van der Waals surface area contributed by atoms with Gasteiger partial charge in [0.15, 0.2) is 0 Å². The van der Waals surface area contributed by atoms with Crippen LogP contribution in [-0.4, -0.2) is 31.5 Å². The second-order valence-corrected chi connectivity index (χ2v) is 4.36. The minimum atomic E-state index is -4.86. The molecule has 1 rings (SSSR count). The summed E-state index contributed by atoms with van der Waals surface area (Å²) in [6.45, 7) is 1.61. The molecule has 1 nitrogen and oxygen atoms in total. The Balaban J connectivity index is 0.00000225. The summed E-state index contributed by atoms with van der Waals surface area (Å²) in [6, 6.07) is 0. The van der Waals surface area contributed by atoms with E-state index in [-0.39, 0.29) is 57.9 Å². The Hall–Kier alpha value is 1.19. The molecule has 0 aliphatic heterocycles. The monoisotopic (exact) mass is 259 g/mol. The van der Waals surface area contributed by atoms with E-state index in [1.807, 2.05) is 11.8 Å². The maximum Gasteiger partial charge on any atom is 1.00 e. The second-order valence-electron chi connectivity index (χ2n) is 4.36. The second kappa shape index (κ2) is 7.59. The number of likely N-dealkylation sites (N-methyl/N-ethyl adjacent to an activating group) is 1. The van der Waals surface area contributed by atoms with Crippen LogP contribution < -0.4 is 51.4 Å². The van der Waals surface area contributed by atoms with E-state index in [0.29, 0.717) is 12.5 Å². The van der Waals surface area contributed by atoms with Crippen molar-refractivity contribution in [2.24, 2.45) is 5.92 Å². The Morgan fingerprint density at radius 1 is 1.38 bits per heavy atom. The van der Waals surface area contributed by atoms with Gasteiger partial charge in [-0.25, -0.2) is 0 Å². The molecule has 0 amide bonds. The maximum absolute atomic E-state index is 12.3.